The number of benzene rings is 1. The molecule has 1 aromatic carbocycles. The Hall–Kier alpha value is -2.46. The van der Waals surface area contributed by atoms with E-state index in [1.807, 2.05) is 0 Å². The Morgan fingerprint density at radius 2 is 1.65 bits per heavy atom. The fourth-order valence-corrected chi connectivity index (χ4v) is 2.62. The standard InChI is InChI=1S/C16H23N3O6S/c1-25-16(22)14(20)10-6-3-7-11-15(21)17-12-26(23,24)19-18-13-8-4-2-5-9-13/h2,4-5,8-9,18-19H,3,6-7,10-12H2,1H3,(H,17,21). The van der Waals surface area contributed by atoms with E-state index in [-0.39, 0.29) is 12.8 Å². The predicted molar refractivity (Wildman–Crippen MR) is 95.2 cm³/mol. The van der Waals surface area contributed by atoms with Gasteiger partial charge in [-0.15, -0.1) is 4.83 Å². The van der Waals surface area contributed by atoms with Crippen molar-refractivity contribution in [3.63, 3.8) is 0 Å². The molecule has 0 atom stereocenters. The number of hydrogen-bond donors (Lipinski definition) is 3. The first-order chi connectivity index (χ1) is 12.3. The van der Waals surface area contributed by atoms with Gasteiger partial charge in [0.25, 0.3) is 0 Å². The van der Waals surface area contributed by atoms with Crippen LogP contribution in [0.4, 0.5) is 5.69 Å². The number of carbonyl (C=O) groups is 3. The molecule has 0 fully saturated rings. The van der Waals surface area contributed by atoms with Gasteiger partial charge in [0.15, 0.2) is 0 Å². The molecule has 0 bridgehead atoms. The zero-order valence-electron chi connectivity index (χ0n) is 14.5. The van der Waals surface area contributed by atoms with Crippen molar-refractivity contribution in [3.05, 3.63) is 30.3 Å². The number of nitrogens with one attached hydrogen (secondary N) is 3. The second-order valence-corrected chi connectivity index (χ2v) is 7.15. The van der Waals surface area contributed by atoms with Crippen LogP contribution in [0.2, 0.25) is 0 Å². The Morgan fingerprint density at radius 1 is 1.00 bits per heavy atom. The average Bonchev–Trinajstić information content (AvgIpc) is 2.64. The van der Waals surface area contributed by atoms with E-state index in [9.17, 15) is 22.8 Å². The smallest absolute Gasteiger partial charge is 0.374 e. The van der Waals surface area contributed by atoms with E-state index in [0.29, 0.717) is 24.9 Å². The highest BCUT2D eigenvalue weighted by Gasteiger charge is 2.14. The molecule has 3 N–H and O–H groups in total. The number of rotatable bonds is 12. The van der Waals surface area contributed by atoms with Gasteiger partial charge in [0.2, 0.25) is 21.7 Å². The molecule has 0 heterocycles. The van der Waals surface area contributed by atoms with Crippen LogP contribution < -0.4 is 15.6 Å². The summed E-state index contributed by atoms with van der Waals surface area (Å²) in [6, 6.07) is 8.66. The van der Waals surface area contributed by atoms with Crippen molar-refractivity contribution in [1.29, 1.82) is 0 Å². The Bertz CT molecular complexity index is 706. The molecule has 26 heavy (non-hydrogen) atoms. The second kappa shape index (κ2) is 11.2. The molecule has 0 unspecified atom stereocenters. The normalized spacial score (nSPS) is 10.8. The van der Waals surface area contributed by atoms with Crippen LogP contribution in [0.1, 0.15) is 32.1 Å². The number of ketones is 1. The van der Waals surface area contributed by atoms with E-state index in [2.05, 4.69) is 20.3 Å². The molecule has 0 aromatic heterocycles. The maximum Gasteiger partial charge on any atom is 0.374 e. The van der Waals surface area contributed by atoms with Crippen LogP contribution in [0.5, 0.6) is 0 Å². The average molecular weight is 385 g/mol. The van der Waals surface area contributed by atoms with Gasteiger partial charge in [-0.25, -0.2) is 13.2 Å². The largest absolute Gasteiger partial charge is 0.463 e. The first-order valence-corrected chi connectivity index (χ1v) is 9.67. The summed E-state index contributed by atoms with van der Waals surface area (Å²) in [5.41, 5.74) is 3.11. The Kier molecular flexibility index (Phi) is 9.31. The number of unbranched alkanes of at least 4 members (excludes halogenated alkanes) is 2. The van der Waals surface area contributed by atoms with E-state index in [4.69, 9.17) is 0 Å². The molecule has 144 valence electrons. The summed E-state index contributed by atoms with van der Waals surface area (Å²) in [6.45, 7) is 0. The first kappa shape index (κ1) is 21.6. The van der Waals surface area contributed by atoms with Gasteiger partial charge < -0.3 is 15.5 Å². The van der Waals surface area contributed by atoms with Gasteiger partial charge in [-0.05, 0) is 25.0 Å². The van der Waals surface area contributed by atoms with Crippen LogP contribution in [0, 0.1) is 0 Å². The number of para-hydroxylation sites is 1. The number of amides is 1. The molecule has 0 saturated heterocycles. The molecule has 10 heteroatoms. The maximum atomic E-state index is 11.8. The number of sulfonamides is 1. The number of ether oxygens (including phenoxy) is 1. The number of methoxy groups -OCH3 is 1. The van der Waals surface area contributed by atoms with Crippen LogP contribution in [0.3, 0.4) is 0 Å². The Morgan fingerprint density at radius 3 is 2.31 bits per heavy atom. The molecule has 1 rings (SSSR count). The maximum absolute atomic E-state index is 11.8. The van der Waals surface area contributed by atoms with E-state index in [0.717, 1.165) is 7.11 Å². The highest BCUT2D eigenvalue weighted by atomic mass is 32.2. The topological polar surface area (TPSA) is 131 Å². The third-order valence-corrected chi connectivity index (χ3v) is 4.24. The van der Waals surface area contributed by atoms with Crippen molar-refractivity contribution >= 4 is 33.4 Å². The van der Waals surface area contributed by atoms with Crippen LogP contribution in [0.15, 0.2) is 30.3 Å². The number of anilines is 1. The zero-order valence-corrected chi connectivity index (χ0v) is 15.3. The fourth-order valence-electron chi connectivity index (χ4n) is 1.92. The van der Waals surface area contributed by atoms with Crippen LogP contribution in [0.25, 0.3) is 0 Å². The summed E-state index contributed by atoms with van der Waals surface area (Å²) in [4.78, 5) is 35.9. The molecule has 1 aromatic rings. The van der Waals surface area contributed by atoms with Gasteiger partial charge >= 0.3 is 5.97 Å². The molecule has 0 aliphatic carbocycles. The van der Waals surface area contributed by atoms with Crippen LogP contribution in [-0.4, -0.2) is 39.1 Å². The first-order valence-electron chi connectivity index (χ1n) is 8.02. The minimum atomic E-state index is -3.72. The zero-order chi connectivity index (χ0) is 19.4. The summed E-state index contributed by atoms with van der Waals surface area (Å²) >= 11 is 0. The molecule has 1 amide bonds. The molecule has 0 saturated carbocycles. The van der Waals surface area contributed by atoms with Gasteiger partial charge in [-0.2, -0.15) is 0 Å². The number of carbonyl (C=O) groups excluding carboxylic acids is 3. The third-order valence-electron chi connectivity index (χ3n) is 3.30. The summed E-state index contributed by atoms with van der Waals surface area (Å²) in [6.07, 6.45) is 1.71. The molecular formula is C16H23N3O6S. The highest BCUT2D eigenvalue weighted by molar-refractivity contribution is 7.89. The van der Waals surface area contributed by atoms with E-state index in [1.54, 1.807) is 30.3 Å². The molecule has 0 aliphatic heterocycles. The minimum Gasteiger partial charge on any atom is -0.463 e. The summed E-state index contributed by atoms with van der Waals surface area (Å²) in [5, 5.41) is 2.32. The molecule has 0 radical (unpaired) electrons. The van der Waals surface area contributed by atoms with Crippen molar-refractivity contribution < 1.29 is 27.5 Å². The van der Waals surface area contributed by atoms with Crippen molar-refractivity contribution in [3.8, 4) is 0 Å². The van der Waals surface area contributed by atoms with Gasteiger partial charge in [-0.3, -0.25) is 9.59 Å². The lowest BCUT2D eigenvalue weighted by atomic mass is 10.1. The van der Waals surface area contributed by atoms with Crippen molar-refractivity contribution in [2.24, 2.45) is 0 Å². The summed E-state index contributed by atoms with van der Waals surface area (Å²) < 4.78 is 27.9. The molecule has 0 spiro atoms. The van der Waals surface area contributed by atoms with Crippen molar-refractivity contribution in [2.75, 3.05) is 18.4 Å². The van der Waals surface area contributed by atoms with Gasteiger partial charge in [0, 0.05) is 18.5 Å². The minimum absolute atomic E-state index is 0.0672. The lowest BCUT2D eigenvalue weighted by Gasteiger charge is -2.10. The lowest BCUT2D eigenvalue weighted by Crippen LogP contribution is -2.39. The third kappa shape index (κ3) is 9.14. The van der Waals surface area contributed by atoms with Gasteiger partial charge in [0.05, 0.1) is 7.11 Å². The number of esters is 1. The monoisotopic (exact) mass is 385 g/mol. The highest BCUT2D eigenvalue weighted by Crippen LogP contribution is 2.05. The van der Waals surface area contributed by atoms with E-state index in [1.165, 1.54) is 0 Å². The number of hydrazine groups is 1. The number of Topliss-reactive ketones (excluding diaryl/α,β-unsaturated/α-hetero) is 1. The SMILES string of the molecule is COC(=O)C(=O)CCCCCC(=O)NCS(=O)(=O)NNc1ccccc1. The molecular weight excluding hydrogens is 362 g/mol. The van der Waals surface area contributed by atoms with Crippen molar-refractivity contribution in [1.82, 2.24) is 10.1 Å². The Labute approximate surface area is 152 Å². The van der Waals surface area contributed by atoms with E-state index >= 15 is 0 Å². The van der Waals surface area contributed by atoms with Crippen LogP contribution in [-0.2, 0) is 29.1 Å². The Balaban J connectivity index is 2.17. The van der Waals surface area contributed by atoms with Gasteiger partial charge in [0.1, 0.15) is 5.88 Å². The quantitative estimate of drug-likeness (QED) is 0.209. The van der Waals surface area contributed by atoms with Crippen molar-refractivity contribution in [2.45, 2.75) is 32.1 Å². The molecule has 0 aliphatic rings. The molecule has 9 nitrogen and oxygen atoms in total. The number of hydrogen-bond acceptors (Lipinski definition) is 7. The fraction of sp³-hybridized carbons (Fsp3) is 0.438. The predicted octanol–water partition coefficient (Wildman–Crippen LogP) is 0.699. The lowest BCUT2D eigenvalue weighted by molar-refractivity contribution is -0.151. The second-order valence-electron chi connectivity index (χ2n) is 5.43. The van der Waals surface area contributed by atoms with Crippen LogP contribution >= 0.6 is 0 Å². The van der Waals surface area contributed by atoms with E-state index < -0.39 is 33.6 Å². The summed E-state index contributed by atoms with van der Waals surface area (Å²) in [7, 11) is -2.58. The van der Waals surface area contributed by atoms with Gasteiger partial charge in [-0.1, -0.05) is 24.6 Å². The summed E-state index contributed by atoms with van der Waals surface area (Å²) in [5.74, 6) is -2.43.